The molecule has 0 saturated heterocycles. The normalized spacial score (nSPS) is 10.1. The zero-order valence-corrected chi connectivity index (χ0v) is 8.75. The van der Waals surface area contributed by atoms with Crippen LogP contribution in [-0.2, 0) is 0 Å². The van der Waals surface area contributed by atoms with Crippen molar-refractivity contribution in [2.75, 3.05) is 5.32 Å². The van der Waals surface area contributed by atoms with Crippen LogP contribution >= 0.6 is 0 Å². The second-order valence-corrected chi connectivity index (χ2v) is 3.50. The van der Waals surface area contributed by atoms with Crippen LogP contribution in [0.2, 0.25) is 0 Å². The fourth-order valence-electron chi connectivity index (χ4n) is 1.42. The third-order valence-corrected chi connectivity index (χ3v) is 2.25. The van der Waals surface area contributed by atoms with E-state index in [1.165, 1.54) is 12.1 Å². The van der Waals surface area contributed by atoms with Gasteiger partial charge in [0.1, 0.15) is 11.5 Å². The van der Waals surface area contributed by atoms with Gasteiger partial charge in [-0.2, -0.15) is 0 Å². The van der Waals surface area contributed by atoms with Crippen LogP contribution in [0.5, 0.6) is 23.0 Å². The quantitative estimate of drug-likeness (QED) is 0.405. The fourth-order valence-corrected chi connectivity index (χ4v) is 1.42. The minimum Gasteiger partial charge on any atom is -0.508 e. The summed E-state index contributed by atoms with van der Waals surface area (Å²) < 4.78 is 0. The van der Waals surface area contributed by atoms with Crippen molar-refractivity contribution in [2.45, 2.75) is 0 Å². The van der Waals surface area contributed by atoms with Crippen LogP contribution in [0.3, 0.4) is 0 Å². The van der Waals surface area contributed by atoms with Crippen molar-refractivity contribution < 1.29 is 20.4 Å². The summed E-state index contributed by atoms with van der Waals surface area (Å²) in [6.07, 6.45) is 0. The lowest BCUT2D eigenvalue weighted by Crippen LogP contribution is -1.91. The minimum atomic E-state index is -0.442. The van der Waals surface area contributed by atoms with E-state index in [2.05, 4.69) is 5.32 Å². The molecule has 0 saturated carbocycles. The Bertz CT molecular complexity index is 554. The molecule has 0 aromatic heterocycles. The van der Waals surface area contributed by atoms with E-state index in [1.807, 2.05) is 0 Å². The van der Waals surface area contributed by atoms with E-state index in [-0.39, 0.29) is 17.2 Å². The first kappa shape index (κ1) is 10.9. The number of aromatic hydroxyl groups is 4. The first-order valence-electron chi connectivity index (χ1n) is 4.88. The number of hydrogen-bond donors (Lipinski definition) is 5. The third-order valence-electron chi connectivity index (χ3n) is 2.25. The number of phenolic OH excluding ortho intramolecular Hbond substituents is 4. The van der Waals surface area contributed by atoms with Crippen LogP contribution in [0, 0.1) is 0 Å². The highest BCUT2D eigenvalue weighted by Crippen LogP contribution is 2.39. The standard InChI is InChI=1S/C12H11NO4/c14-7-5-9(12(17)11(16)6-7)13-8-3-1-2-4-10(8)15/h1-6,13-17H. The molecule has 0 spiro atoms. The SMILES string of the molecule is Oc1cc(O)c(O)c(Nc2ccccc2O)c1. The van der Waals surface area contributed by atoms with E-state index in [1.54, 1.807) is 18.2 Å². The maximum atomic E-state index is 9.57. The summed E-state index contributed by atoms with van der Waals surface area (Å²) in [5.41, 5.74) is 0.455. The maximum absolute atomic E-state index is 9.57. The first-order chi connectivity index (χ1) is 8.08. The lowest BCUT2D eigenvalue weighted by atomic mass is 10.2. The van der Waals surface area contributed by atoms with Crippen molar-refractivity contribution in [3.05, 3.63) is 36.4 Å². The van der Waals surface area contributed by atoms with Gasteiger partial charge in [-0.3, -0.25) is 0 Å². The highest BCUT2D eigenvalue weighted by Gasteiger charge is 2.10. The number of hydrogen-bond acceptors (Lipinski definition) is 5. The van der Waals surface area contributed by atoms with Crippen molar-refractivity contribution in [1.82, 2.24) is 0 Å². The number of anilines is 2. The zero-order chi connectivity index (χ0) is 12.4. The molecule has 2 aromatic carbocycles. The Morgan fingerprint density at radius 2 is 1.47 bits per heavy atom. The third kappa shape index (κ3) is 2.17. The summed E-state index contributed by atoms with van der Waals surface area (Å²) in [7, 11) is 0. The summed E-state index contributed by atoms with van der Waals surface area (Å²) in [6, 6.07) is 8.67. The summed E-state index contributed by atoms with van der Waals surface area (Å²) >= 11 is 0. The molecule has 17 heavy (non-hydrogen) atoms. The molecule has 0 fully saturated rings. The highest BCUT2D eigenvalue weighted by atomic mass is 16.3. The van der Waals surface area contributed by atoms with Crippen molar-refractivity contribution in [3.63, 3.8) is 0 Å². The van der Waals surface area contributed by atoms with Gasteiger partial charge in [-0.25, -0.2) is 0 Å². The number of phenols is 4. The van der Waals surface area contributed by atoms with Crippen molar-refractivity contribution in [3.8, 4) is 23.0 Å². The molecule has 0 amide bonds. The van der Waals surface area contributed by atoms with Gasteiger partial charge in [-0.1, -0.05) is 12.1 Å². The van der Waals surface area contributed by atoms with Gasteiger partial charge < -0.3 is 25.7 Å². The van der Waals surface area contributed by atoms with Gasteiger partial charge in [0.05, 0.1) is 11.4 Å². The molecule has 5 nitrogen and oxygen atoms in total. The second-order valence-electron chi connectivity index (χ2n) is 3.50. The van der Waals surface area contributed by atoms with Gasteiger partial charge in [0.2, 0.25) is 0 Å². The molecular weight excluding hydrogens is 222 g/mol. The Labute approximate surface area is 97.2 Å². The highest BCUT2D eigenvalue weighted by molar-refractivity contribution is 5.73. The van der Waals surface area contributed by atoms with E-state index in [0.29, 0.717) is 5.69 Å². The van der Waals surface area contributed by atoms with E-state index in [4.69, 9.17) is 0 Å². The smallest absolute Gasteiger partial charge is 0.181 e. The largest absolute Gasteiger partial charge is 0.508 e. The van der Waals surface area contributed by atoms with Gasteiger partial charge in [0.25, 0.3) is 0 Å². The van der Waals surface area contributed by atoms with Crippen LogP contribution < -0.4 is 5.32 Å². The van der Waals surface area contributed by atoms with Gasteiger partial charge >= 0.3 is 0 Å². The molecule has 5 N–H and O–H groups in total. The van der Waals surface area contributed by atoms with E-state index < -0.39 is 11.5 Å². The number of rotatable bonds is 2. The van der Waals surface area contributed by atoms with Crippen LogP contribution in [0.4, 0.5) is 11.4 Å². The molecule has 2 rings (SSSR count). The Morgan fingerprint density at radius 3 is 2.18 bits per heavy atom. The average Bonchev–Trinajstić information content (AvgIpc) is 2.28. The lowest BCUT2D eigenvalue weighted by molar-refractivity contribution is 0.398. The molecular formula is C12H11NO4. The Hall–Kier alpha value is -2.56. The van der Waals surface area contributed by atoms with Crippen molar-refractivity contribution in [1.29, 1.82) is 0 Å². The predicted molar refractivity (Wildman–Crippen MR) is 62.8 cm³/mol. The average molecular weight is 233 g/mol. The minimum absolute atomic E-state index is 0.00488. The molecule has 0 aliphatic rings. The summed E-state index contributed by atoms with van der Waals surface area (Å²) in [5.74, 6) is -1.04. The molecule has 5 heteroatoms. The van der Waals surface area contributed by atoms with Gasteiger partial charge in [-0.05, 0) is 12.1 Å². The summed E-state index contributed by atoms with van der Waals surface area (Å²) in [5, 5.41) is 40.4. The number of benzene rings is 2. The molecule has 0 atom stereocenters. The zero-order valence-electron chi connectivity index (χ0n) is 8.75. The maximum Gasteiger partial charge on any atom is 0.181 e. The molecule has 0 aliphatic heterocycles. The van der Waals surface area contributed by atoms with E-state index in [0.717, 1.165) is 6.07 Å². The Morgan fingerprint density at radius 1 is 0.765 bits per heavy atom. The molecule has 2 aromatic rings. The second kappa shape index (κ2) is 4.13. The van der Waals surface area contributed by atoms with Crippen LogP contribution in [0.25, 0.3) is 0 Å². The lowest BCUT2D eigenvalue weighted by Gasteiger charge is -2.11. The fraction of sp³-hybridized carbons (Fsp3) is 0. The molecule has 0 aliphatic carbocycles. The van der Waals surface area contributed by atoms with E-state index >= 15 is 0 Å². The molecule has 0 bridgehead atoms. The Balaban J connectivity index is 2.40. The monoisotopic (exact) mass is 233 g/mol. The predicted octanol–water partition coefficient (Wildman–Crippen LogP) is 2.25. The van der Waals surface area contributed by atoms with Crippen molar-refractivity contribution >= 4 is 11.4 Å². The number of nitrogens with one attached hydrogen (secondary N) is 1. The summed E-state index contributed by atoms with van der Waals surface area (Å²) in [6.45, 7) is 0. The van der Waals surface area contributed by atoms with Gasteiger partial charge in [-0.15, -0.1) is 0 Å². The Kier molecular flexibility index (Phi) is 2.66. The van der Waals surface area contributed by atoms with Gasteiger partial charge in [0, 0.05) is 12.1 Å². The van der Waals surface area contributed by atoms with E-state index in [9.17, 15) is 20.4 Å². The van der Waals surface area contributed by atoms with Crippen LogP contribution in [-0.4, -0.2) is 20.4 Å². The molecule has 88 valence electrons. The van der Waals surface area contributed by atoms with Crippen molar-refractivity contribution in [2.24, 2.45) is 0 Å². The topological polar surface area (TPSA) is 93.0 Å². The molecule has 0 heterocycles. The first-order valence-corrected chi connectivity index (χ1v) is 4.88. The molecule has 0 unspecified atom stereocenters. The molecule has 0 radical (unpaired) electrons. The van der Waals surface area contributed by atoms with Crippen LogP contribution in [0.1, 0.15) is 0 Å². The number of para-hydroxylation sites is 2. The van der Waals surface area contributed by atoms with Gasteiger partial charge in [0.15, 0.2) is 11.5 Å². The summed E-state index contributed by atoms with van der Waals surface area (Å²) in [4.78, 5) is 0. The van der Waals surface area contributed by atoms with Crippen LogP contribution in [0.15, 0.2) is 36.4 Å².